The van der Waals surface area contributed by atoms with Crippen molar-refractivity contribution in [3.63, 3.8) is 0 Å². The number of carbonyl (C=O) groups is 1. The van der Waals surface area contributed by atoms with E-state index in [9.17, 15) is 9.59 Å². The Bertz CT molecular complexity index is 305. The number of ketones is 1. The van der Waals surface area contributed by atoms with Gasteiger partial charge in [0.25, 0.3) is 0 Å². The molecule has 0 heterocycles. The highest BCUT2D eigenvalue weighted by molar-refractivity contribution is 9.10. The van der Waals surface area contributed by atoms with Crippen molar-refractivity contribution in [3.8, 4) is 0 Å². The summed E-state index contributed by atoms with van der Waals surface area (Å²) in [5.41, 5.74) is 0.512. The van der Waals surface area contributed by atoms with E-state index in [0.717, 1.165) is 4.47 Å². The molecule has 0 aliphatic rings. The van der Waals surface area contributed by atoms with Crippen LogP contribution < -0.4 is 0 Å². The SMILES string of the molecule is O=[C]OCC(=O)c1ccc(Br)cc1. The zero-order chi connectivity index (χ0) is 9.68. The van der Waals surface area contributed by atoms with Gasteiger partial charge < -0.3 is 4.74 Å². The van der Waals surface area contributed by atoms with Crippen LogP contribution in [0.25, 0.3) is 0 Å². The second-order valence-electron chi connectivity index (χ2n) is 2.30. The molecule has 0 aliphatic heterocycles. The number of hydrogen-bond acceptors (Lipinski definition) is 3. The fraction of sp³-hybridized carbons (Fsp3) is 0.111. The Labute approximate surface area is 83.8 Å². The molecule has 0 saturated carbocycles. The van der Waals surface area contributed by atoms with Gasteiger partial charge in [0, 0.05) is 10.0 Å². The van der Waals surface area contributed by atoms with Crippen molar-refractivity contribution in [2.45, 2.75) is 0 Å². The second-order valence-corrected chi connectivity index (χ2v) is 3.22. The highest BCUT2D eigenvalue weighted by atomic mass is 79.9. The summed E-state index contributed by atoms with van der Waals surface area (Å²) < 4.78 is 5.11. The van der Waals surface area contributed by atoms with Crippen LogP contribution >= 0.6 is 15.9 Å². The molecule has 0 aromatic heterocycles. The Morgan fingerprint density at radius 1 is 1.38 bits per heavy atom. The molecule has 4 heteroatoms. The molecule has 0 atom stereocenters. The molecule has 0 amide bonds. The number of benzene rings is 1. The lowest BCUT2D eigenvalue weighted by Gasteiger charge is -1.98. The van der Waals surface area contributed by atoms with Crippen LogP contribution in [0.1, 0.15) is 10.4 Å². The van der Waals surface area contributed by atoms with Gasteiger partial charge in [0.15, 0.2) is 12.4 Å². The van der Waals surface area contributed by atoms with Crippen LogP contribution in [0.5, 0.6) is 0 Å². The maximum Gasteiger partial charge on any atom is 0.417 e. The van der Waals surface area contributed by atoms with Gasteiger partial charge in [-0.25, -0.2) is 4.79 Å². The van der Waals surface area contributed by atoms with Gasteiger partial charge in [-0.15, -0.1) is 0 Å². The third kappa shape index (κ3) is 2.99. The molecule has 0 saturated heterocycles. The first-order valence-corrected chi connectivity index (χ1v) is 4.31. The number of halogens is 1. The molecule has 0 bridgehead atoms. The van der Waals surface area contributed by atoms with Crippen molar-refractivity contribution in [1.82, 2.24) is 0 Å². The van der Waals surface area contributed by atoms with Gasteiger partial charge in [0.2, 0.25) is 0 Å². The maximum atomic E-state index is 11.2. The predicted molar refractivity (Wildman–Crippen MR) is 50.1 cm³/mol. The van der Waals surface area contributed by atoms with Crippen molar-refractivity contribution >= 4 is 28.2 Å². The summed E-state index contributed by atoms with van der Waals surface area (Å²) in [6.45, 7) is 0.941. The minimum Gasteiger partial charge on any atom is -0.449 e. The van der Waals surface area contributed by atoms with E-state index >= 15 is 0 Å². The number of carbonyl (C=O) groups excluding carboxylic acids is 2. The van der Waals surface area contributed by atoms with Crippen molar-refractivity contribution in [2.75, 3.05) is 6.61 Å². The zero-order valence-electron chi connectivity index (χ0n) is 6.62. The summed E-state index contributed by atoms with van der Waals surface area (Å²) in [4.78, 5) is 20.9. The van der Waals surface area contributed by atoms with E-state index in [0.29, 0.717) is 5.56 Å². The van der Waals surface area contributed by atoms with Gasteiger partial charge in [-0.05, 0) is 12.1 Å². The molecule has 0 unspecified atom stereocenters. The molecule has 0 fully saturated rings. The molecule has 1 aromatic carbocycles. The average molecular weight is 242 g/mol. The van der Waals surface area contributed by atoms with Crippen LogP contribution in [0, 0.1) is 0 Å². The average Bonchev–Trinajstić information content (AvgIpc) is 2.15. The fourth-order valence-corrected chi connectivity index (χ4v) is 1.08. The van der Waals surface area contributed by atoms with Crippen LogP contribution in [-0.2, 0) is 9.53 Å². The molecule has 13 heavy (non-hydrogen) atoms. The topological polar surface area (TPSA) is 43.4 Å². The lowest BCUT2D eigenvalue weighted by atomic mass is 10.1. The Balaban J connectivity index is 2.66. The lowest BCUT2D eigenvalue weighted by molar-refractivity contribution is 0.0909. The van der Waals surface area contributed by atoms with E-state index in [1.165, 1.54) is 6.47 Å². The summed E-state index contributed by atoms with van der Waals surface area (Å²) >= 11 is 3.24. The fourth-order valence-electron chi connectivity index (χ4n) is 0.814. The molecule has 0 aliphatic carbocycles. The van der Waals surface area contributed by atoms with Crippen molar-refractivity contribution in [1.29, 1.82) is 0 Å². The van der Waals surface area contributed by atoms with Crippen molar-refractivity contribution in [2.24, 2.45) is 0 Å². The molecule has 1 rings (SSSR count). The van der Waals surface area contributed by atoms with E-state index in [2.05, 4.69) is 20.7 Å². The van der Waals surface area contributed by atoms with Gasteiger partial charge in [-0.3, -0.25) is 4.79 Å². The first kappa shape index (κ1) is 9.92. The standard InChI is InChI=1S/C9H6BrO3/c10-8-3-1-7(2-4-8)9(12)5-13-6-11/h1-4H,5H2. The molecular formula is C9H6BrO3. The Morgan fingerprint density at radius 2 is 2.00 bits per heavy atom. The van der Waals surface area contributed by atoms with Crippen LogP contribution in [0.15, 0.2) is 28.7 Å². The van der Waals surface area contributed by atoms with Gasteiger partial charge in [-0.1, -0.05) is 28.1 Å². The third-order valence-electron chi connectivity index (χ3n) is 1.43. The lowest BCUT2D eigenvalue weighted by Crippen LogP contribution is -2.07. The van der Waals surface area contributed by atoms with Crippen molar-refractivity contribution < 1.29 is 14.3 Å². The van der Waals surface area contributed by atoms with Crippen LogP contribution in [0.2, 0.25) is 0 Å². The van der Waals surface area contributed by atoms with Crippen LogP contribution in [0.3, 0.4) is 0 Å². The number of Topliss-reactive ketones (excluding diaryl/α,β-unsaturated/α-hetero) is 1. The largest absolute Gasteiger partial charge is 0.449 e. The monoisotopic (exact) mass is 241 g/mol. The molecule has 67 valence electrons. The third-order valence-corrected chi connectivity index (χ3v) is 1.96. The minimum atomic E-state index is -0.259. The normalized spacial score (nSPS) is 9.31. The Kier molecular flexibility index (Phi) is 3.64. The van der Waals surface area contributed by atoms with Gasteiger partial charge in [-0.2, -0.15) is 0 Å². The number of ether oxygens (including phenoxy) is 1. The summed E-state index contributed by atoms with van der Waals surface area (Å²) in [6, 6.07) is 6.80. The first-order valence-electron chi connectivity index (χ1n) is 3.51. The minimum absolute atomic E-state index is 0.240. The van der Waals surface area contributed by atoms with E-state index in [-0.39, 0.29) is 12.4 Å². The maximum absolute atomic E-state index is 11.2. The highest BCUT2D eigenvalue weighted by Gasteiger charge is 2.05. The van der Waals surface area contributed by atoms with Gasteiger partial charge >= 0.3 is 6.47 Å². The van der Waals surface area contributed by atoms with Gasteiger partial charge in [0.1, 0.15) is 0 Å². The predicted octanol–water partition coefficient (Wildman–Crippen LogP) is 1.72. The molecule has 1 aromatic rings. The van der Waals surface area contributed by atoms with Crippen LogP contribution in [-0.4, -0.2) is 18.9 Å². The van der Waals surface area contributed by atoms with E-state index in [4.69, 9.17) is 0 Å². The quantitative estimate of drug-likeness (QED) is 0.755. The van der Waals surface area contributed by atoms with Gasteiger partial charge in [0.05, 0.1) is 0 Å². The molecular weight excluding hydrogens is 236 g/mol. The highest BCUT2D eigenvalue weighted by Crippen LogP contribution is 2.10. The number of hydrogen-bond donors (Lipinski definition) is 0. The van der Waals surface area contributed by atoms with Crippen LogP contribution in [0.4, 0.5) is 0 Å². The summed E-state index contributed by atoms with van der Waals surface area (Å²) in [7, 11) is 0. The second kappa shape index (κ2) is 4.77. The van der Waals surface area contributed by atoms with E-state index in [1.807, 2.05) is 0 Å². The first-order chi connectivity index (χ1) is 6.24. The summed E-state index contributed by atoms with van der Waals surface area (Å²) in [6.07, 6.45) is 0. The molecule has 0 spiro atoms. The Morgan fingerprint density at radius 3 is 2.54 bits per heavy atom. The summed E-state index contributed by atoms with van der Waals surface area (Å²) in [5.74, 6) is -0.240. The molecule has 1 radical (unpaired) electrons. The summed E-state index contributed by atoms with van der Waals surface area (Å²) in [5, 5.41) is 0. The molecule has 3 nitrogen and oxygen atoms in total. The zero-order valence-corrected chi connectivity index (χ0v) is 8.21. The van der Waals surface area contributed by atoms with E-state index < -0.39 is 0 Å². The molecule has 0 N–H and O–H groups in total. The van der Waals surface area contributed by atoms with E-state index in [1.54, 1.807) is 24.3 Å². The number of rotatable bonds is 4. The Hall–Kier alpha value is -1.16. The smallest absolute Gasteiger partial charge is 0.417 e. The van der Waals surface area contributed by atoms with Crippen molar-refractivity contribution in [3.05, 3.63) is 34.3 Å².